The summed E-state index contributed by atoms with van der Waals surface area (Å²) in [6.07, 6.45) is 8.84. The third kappa shape index (κ3) is 34.8. The first-order valence-corrected chi connectivity index (χ1v) is 41.6. The van der Waals surface area contributed by atoms with Gasteiger partial charge in [-0.3, -0.25) is 14.4 Å². The summed E-state index contributed by atoms with van der Waals surface area (Å²) in [6.45, 7) is 45.5. The van der Waals surface area contributed by atoms with Crippen LogP contribution >= 0.6 is 0 Å². The molecule has 76 heavy (non-hydrogen) atoms. The zero-order chi connectivity index (χ0) is 59.1. The second-order valence-electron chi connectivity index (χ2n) is 23.3. The SMILES string of the molecule is CCC(C)(C)C(=O)OCC1CO1.CCC(C)(C)C(=O)OCCC[Si](O[Si](C)(C)C)(O[Si](C)(C)C)O[Si](C)(C)C.CCC(C)c1ccc(S(=O)(=O)[N-]S(=O)(=O)C(F)(F)F)cc1.CCCCC(CC)COC(=O)C(C)CC.[K+]. The molecule has 15 nitrogen and oxygen atoms in total. The Hall–Kier alpha value is -0.376. The van der Waals surface area contributed by atoms with E-state index in [1.54, 1.807) is 0 Å². The van der Waals surface area contributed by atoms with Gasteiger partial charge in [0.05, 0.1) is 36.6 Å². The van der Waals surface area contributed by atoms with Crippen LogP contribution in [0, 0.1) is 22.7 Å². The minimum absolute atomic E-state index is 0. The number of ether oxygens (including phenoxy) is 4. The number of hydrogen-bond donors (Lipinski definition) is 0. The summed E-state index contributed by atoms with van der Waals surface area (Å²) in [7, 11) is -19.4. The molecule has 0 N–H and O–H groups in total. The summed E-state index contributed by atoms with van der Waals surface area (Å²) in [5, 5.41) is 0. The third-order valence-corrected chi connectivity index (χ3v) is 26.9. The average molecular weight is 1220 g/mol. The van der Waals surface area contributed by atoms with Crippen molar-refractivity contribution in [2.45, 2.75) is 228 Å². The van der Waals surface area contributed by atoms with Gasteiger partial charge in [-0.1, -0.05) is 86.8 Å². The number of carbonyl (C=O) groups is 3. The monoisotopic (exact) mass is 1220 g/mol. The molecule has 1 heterocycles. The van der Waals surface area contributed by atoms with Crippen LogP contribution in [0.4, 0.5) is 13.2 Å². The second kappa shape index (κ2) is 35.6. The molecule has 0 radical (unpaired) electrons. The first-order chi connectivity index (χ1) is 33.9. The first-order valence-electron chi connectivity index (χ1n) is 26.6. The van der Waals surface area contributed by atoms with Crippen molar-refractivity contribution in [3.05, 3.63) is 34.0 Å². The van der Waals surface area contributed by atoms with E-state index in [1.165, 1.54) is 31.4 Å². The molecule has 1 aliphatic rings. The Kier molecular flexibility index (Phi) is 37.4. The van der Waals surface area contributed by atoms with Crippen molar-refractivity contribution in [3.8, 4) is 0 Å². The van der Waals surface area contributed by atoms with E-state index in [9.17, 15) is 44.4 Å². The predicted molar refractivity (Wildman–Crippen MR) is 303 cm³/mol. The van der Waals surface area contributed by atoms with Gasteiger partial charge in [-0.05, 0) is 155 Å². The number of alkyl halides is 3. The maximum Gasteiger partial charge on any atom is 1.00 e. The maximum atomic E-state index is 12.2. The molecule has 442 valence electrons. The quantitative estimate of drug-likeness (QED) is 0.0241. The van der Waals surface area contributed by atoms with Crippen molar-refractivity contribution in [2.24, 2.45) is 22.7 Å². The Bertz CT molecular complexity index is 2020. The summed E-state index contributed by atoms with van der Waals surface area (Å²) in [6, 6.07) is 5.59. The first kappa shape index (κ1) is 79.8. The molecule has 25 heteroatoms. The van der Waals surface area contributed by atoms with E-state index >= 15 is 0 Å². The molecule has 0 amide bonds. The Labute approximate surface area is 505 Å². The average Bonchev–Trinajstić information content (AvgIpc) is 4.12. The normalized spacial score (nSPS) is 15.6. The van der Waals surface area contributed by atoms with Gasteiger partial charge in [-0.2, -0.15) is 13.2 Å². The standard InChI is InChI=1S/C18H44O5Si4.C13H26O2.C11H13F3NO4S2.C9H16O3.K/c1-13-18(2,3)17(19)20-15-14-16-27(21-24(4,5)6,22-25(7,8)9)23-26(10,11)12;1-5-8-9-12(7-3)10-15-13(14)11(4)6-2;1-3-8(2)9-4-6-10(7-5-9)20(16,17)15-21(18,19)11(12,13)14;1-4-9(2,3)8(10)12-6-7-5-11-7;/h13-16H2,1-12H3;11-12H,5-10H2,1-4H3;4-8H,3H2,1-2H3;7H,4-6H2,1-3H3;/q;;-1;;+1. The van der Waals surface area contributed by atoms with Gasteiger partial charge in [0.25, 0.3) is 0 Å². The van der Waals surface area contributed by atoms with Gasteiger partial charge in [0, 0.05) is 10.9 Å². The van der Waals surface area contributed by atoms with E-state index in [4.69, 9.17) is 31.3 Å². The summed E-state index contributed by atoms with van der Waals surface area (Å²) in [4.78, 5) is 34.4. The van der Waals surface area contributed by atoms with E-state index < -0.39 is 69.6 Å². The predicted octanol–water partition coefficient (Wildman–Crippen LogP) is 11.1. The molecule has 0 saturated carbocycles. The summed E-state index contributed by atoms with van der Waals surface area (Å²) < 4.78 is 124. The number of rotatable bonds is 29. The summed E-state index contributed by atoms with van der Waals surface area (Å²) in [5.41, 5.74) is -5.76. The molecule has 0 bridgehead atoms. The molecule has 4 unspecified atom stereocenters. The fourth-order valence-electron chi connectivity index (χ4n) is 5.91. The Balaban J connectivity index is -0.000000970. The Morgan fingerprint density at radius 3 is 1.50 bits per heavy atom. The van der Waals surface area contributed by atoms with E-state index in [0.29, 0.717) is 38.2 Å². The van der Waals surface area contributed by atoms with Crippen molar-refractivity contribution >= 4 is 71.7 Å². The second-order valence-corrected chi connectivity index (χ2v) is 43.7. The van der Waals surface area contributed by atoms with Crippen LogP contribution in [0.5, 0.6) is 0 Å². The van der Waals surface area contributed by atoms with E-state index in [2.05, 4.69) is 72.8 Å². The number of halogens is 3. The van der Waals surface area contributed by atoms with Crippen LogP contribution in [0.3, 0.4) is 0 Å². The molecular weight excluding hydrogens is 1120 g/mol. The van der Waals surface area contributed by atoms with Crippen molar-refractivity contribution in [3.63, 3.8) is 0 Å². The van der Waals surface area contributed by atoms with Gasteiger partial charge in [0.15, 0.2) is 35.0 Å². The number of epoxide rings is 1. The molecule has 0 aliphatic carbocycles. The van der Waals surface area contributed by atoms with Crippen LogP contribution in [-0.4, -0.2) is 107 Å². The molecule has 1 aliphatic heterocycles. The van der Waals surface area contributed by atoms with Crippen LogP contribution < -0.4 is 51.4 Å². The minimum Gasteiger partial charge on any atom is -0.465 e. The van der Waals surface area contributed by atoms with Crippen molar-refractivity contribution < 1.29 is 127 Å². The summed E-state index contributed by atoms with van der Waals surface area (Å²) in [5.74, 6) is 0.442. The molecule has 1 aromatic carbocycles. The topological polar surface area (TPSA) is 201 Å². The van der Waals surface area contributed by atoms with Crippen molar-refractivity contribution in [1.29, 1.82) is 0 Å². The zero-order valence-electron chi connectivity index (χ0n) is 50.6. The molecule has 4 atom stereocenters. The zero-order valence-corrected chi connectivity index (χ0v) is 59.4. The van der Waals surface area contributed by atoms with Gasteiger partial charge in [0.1, 0.15) is 22.7 Å². The van der Waals surface area contributed by atoms with E-state index in [1.807, 2.05) is 73.4 Å². The van der Waals surface area contributed by atoms with Gasteiger partial charge in [-0.25, -0.2) is 16.8 Å². The molecule has 1 saturated heterocycles. The number of hydrogen-bond acceptors (Lipinski definition) is 14. The van der Waals surface area contributed by atoms with Gasteiger partial charge >= 0.3 is 83.6 Å². The molecule has 0 spiro atoms. The van der Waals surface area contributed by atoms with E-state index in [0.717, 1.165) is 56.4 Å². The van der Waals surface area contributed by atoms with Crippen LogP contribution in [0.2, 0.25) is 65.0 Å². The van der Waals surface area contributed by atoms with Crippen molar-refractivity contribution in [1.82, 2.24) is 0 Å². The van der Waals surface area contributed by atoms with Crippen LogP contribution in [0.1, 0.15) is 152 Å². The Morgan fingerprint density at radius 2 is 1.14 bits per heavy atom. The minimum atomic E-state index is -6.10. The number of esters is 3. The van der Waals surface area contributed by atoms with Crippen molar-refractivity contribution in [2.75, 3.05) is 26.4 Å². The van der Waals surface area contributed by atoms with E-state index in [-0.39, 0.29) is 92.6 Å². The molecule has 1 fully saturated rings. The molecule has 1 aromatic rings. The largest absolute Gasteiger partial charge is 1.00 e. The smallest absolute Gasteiger partial charge is 0.465 e. The third-order valence-electron chi connectivity index (χ3n) is 11.8. The molecular formula is C51H99F3KNO14S2Si4. The number of carbonyl (C=O) groups excluding carboxylic acids is 3. The number of sulfonamides is 2. The van der Waals surface area contributed by atoms with Gasteiger partial charge in [0.2, 0.25) is 0 Å². The fraction of sp³-hybridized carbons (Fsp3) is 0.824. The number of unbranched alkanes of at least 4 members (excludes halogenated alkanes) is 1. The van der Waals surface area contributed by atoms with Gasteiger partial charge in [-0.15, -0.1) is 0 Å². The maximum absolute atomic E-state index is 12.2. The number of benzene rings is 1. The molecule has 2 rings (SSSR count). The van der Waals surface area contributed by atoms with Crippen LogP contribution in [-0.2, 0) is 65.7 Å². The van der Waals surface area contributed by atoms with Crippen LogP contribution in [0.25, 0.3) is 4.13 Å². The Morgan fingerprint density at radius 1 is 0.697 bits per heavy atom. The van der Waals surface area contributed by atoms with Gasteiger partial charge < -0.3 is 35.4 Å². The van der Waals surface area contributed by atoms with Crippen LogP contribution in [0.15, 0.2) is 29.2 Å². The number of nitrogens with zero attached hydrogens (tertiary/aromatic N) is 1. The fourth-order valence-corrected chi connectivity index (χ4v) is 22.7. The molecule has 0 aromatic heterocycles. The summed E-state index contributed by atoms with van der Waals surface area (Å²) >= 11 is 0.